The highest BCUT2D eigenvalue weighted by molar-refractivity contribution is 7.99. The van der Waals surface area contributed by atoms with Gasteiger partial charge in [0, 0.05) is 18.2 Å². The lowest BCUT2D eigenvalue weighted by molar-refractivity contribution is -0.115. The SMILES string of the molecule is Cc1cc(NC(=O)CCSc2nnc(-c3sc(C)nc3C)o2)no1. The molecule has 10 heteroatoms. The van der Waals surface area contributed by atoms with Crippen molar-refractivity contribution in [2.75, 3.05) is 11.1 Å². The third-order valence-corrected chi connectivity index (χ3v) is 4.84. The van der Waals surface area contributed by atoms with Gasteiger partial charge in [0.25, 0.3) is 11.1 Å². The Morgan fingerprint density at radius 3 is 2.83 bits per heavy atom. The van der Waals surface area contributed by atoms with Gasteiger partial charge in [0.05, 0.1) is 10.7 Å². The number of amides is 1. The number of nitrogens with zero attached hydrogens (tertiary/aromatic N) is 4. The maximum atomic E-state index is 11.8. The van der Waals surface area contributed by atoms with Crippen LogP contribution in [0, 0.1) is 20.8 Å². The number of thiazole rings is 1. The molecule has 0 radical (unpaired) electrons. The summed E-state index contributed by atoms with van der Waals surface area (Å²) in [6.07, 6.45) is 0.299. The fourth-order valence-corrected chi connectivity index (χ4v) is 3.49. The molecule has 1 amide bonds. The lowest BCUT2D eigenvalue weighted by Crippen LogP contribution is -2.12. The first-order chi connectivity index (χ1) is 11.5. The van der Waals surface area contributed by atoms with Crippen molar-refractivity contribution in [1.29, 1.82) is 0 Å². The predicted molar refractivity (Wildman–Crippen MR) is 90.1 cm³/mol. The van der Waals surface area contributed by atoms with Crippen LogP contribution in [0.3, 0.4) is 0 Å². The zero-order valence-electron chi connectivity index (χ0n) is 13.3. The molecule has 0 unspecified atom stereocenters. The van der Waals surface area contributed by atoms with Crippen molar-refractivity contribution < 1.29 is 13.7 Å². The number of anilines is 1. The molecule has 0 aliphatic carbocycles. The van der Waals surface area contributed by atoms with E-state index in [9.17, 15) is 4.79 Å². The molecular formula is C14H15N5O3S2. The van der Waals surface area contributed by atoms with E-state index in [1.165, 1.54) is 23.1 Å². The van der Waals surface area contributed by atoms with Gasteiger partial charge in [0.2, 0.25) is 5.91 Å². The number of nitrogens with one attached hydrogen (secondary N) is 1. The number of carbonyl (C=O) groups excluding carboxylic acids is 1. The van der Waals surface area contributed by atoms with Gasteiger partial charge in [0.1, 0.15) is 10.6 Å². The smallest absolute Gasteiger partial charge is 0.276 e. The van der Waals surface area contributed by atoms with Crippen LogP contribution in [0.1, 0.15) is 22.9 Å². The van der Waals surface area contributed by atoms with Gasteiger partial charge < -0.3 is 14.3 Å². The third-order valence-electron chi connectivity index (χ3n) is 2.95. The summed E-state index contributed by atoms with van der Waals surface area (Å²) >= 11 is 2.85. The molecule has 3 rings (SSSR count). The van der Waals surface area contributed by atoms with E-state index in [0.717, 1.165) is 15.6 Å². The Bertz CT molecular complexity index is 854. The molecule has 3 aromatic rings. The van der Waals surface area contributed by atoms with Crippen molar-refractivity contribution in [2.45, 2.75) is 32.4 Å². The molecular weight excluding hydrogens is 350 g/mol. The number of rotatable bonds is 6. The van der Waals surface area contributed by atoms with Crippen LogP contribution in [0.25, 0.3) is 10.8 Å². The molecule has 0 aliphatic rings. The number of aromatic nitrogens is 4. The summed E-state index contributed by atoms with van der Waals surface area (Å²) in [4.78, 5) is 17.0. The average molecular weight is 365 g/mol. The maximum Gasteiger partial charge on any atom is 0.276 e. The van der Waals surface area contributed by atoms with E-state index in [0.29, 0.717) is 34.9 Å². The van der Waals surface area contributed by atoms with Crippen molar-refractivity contribution in [3.8, 4) is 10.8 Å². The summed E-state index contributed by atoms with van der Waals surface area (Å²) in [7, 11) is 0. The molecule has 0 fully saturated rings. The largest absolute Gasteiger partial charge is 0.410 e. The zero-order chi connectivity index (χ0) is 17.1. The van der Waals surface area contributed by atoms with Gasteiger partial charge in [0.15, 0.2) is 5.82 Å². The highest BCUT2D eigenvalue weighted by Crippen LogP contribution is 2.30. The van der Waals surface area contributed by atoms with Gasteiger partial charge >= 0.3 is 0 Å². The van der Waals surface area contributed by atoms with Gasteiger partial charge in [-0.15, -0.1) is 21.5 Å². The standard InChI is InChI=1S/C14H15N5O3S2/c1-7-6-10(19-22-7)16-11(20)4-5-23-14-18-17-13(21-14)12-8(2)15-9(3)24-12/h6H,4-5H2,1-3H3,(H,16,19,20). The minimum atomic E-state index is -0.149. The monoisotopic (exact) mass is 365 g/mol. The van der Waals surface area contributed by atoms with E-state index in [-0.39, 0.29) is 5.91 Å². The van der Waals surface area contributed by atoms with Gasteiger partial charge in [-0.1, -0.05) is 16.9 Å². The molecule has 24 heavy (non-hydrogen) atoms. The minimum Gasteiger partial charge on any atom is -0.410 e. The molecule has 0 bridgehead atoms. The van der Waals surface area contributed by atoms with E-state index < -0.39 is 0 Å². The quantitative estimate of drug-likeness (QED) is 0.664. The summed E-state index contributed by atoms with van der Waals surface area (Å²) in [6.45, 7) is 5.60. The van der Waals surface area contributed by atoms with E-state index in [2.05, 4.69) is 25.7 Å². The molecule has 0 aliphatic heterocycles. The Kier molecular flexibility index (Phi) is 4.95. The van der Waals surface area contributed by atoms with E-state index >= 15 is 0 Å². The highest BCUT2D eigenvalue weighted by atomic mass is 32.2. The zero-order valence-corrected chi connectivity index (χ0v) is 15.0. The summed E-state index contributed by atoms with van der Waals surface area (Å²) in [5.41, 5.74) is 0.875. The number of hydrogen-bond acceptors (Lipinski definition) is 9. The van der Waals surface area contributed by atoms with Crippen LogP contribution >= 0.6 is 23.1 Å². The predicted octanol–water partition coefficient (Wildman–Crippen LogP) is 3.23. The van der Waals surface area contributed by atoms with Gasteiger partial charge in [-0.2, -0.15) is 0 Å². The topological polar surface area (TPSA) is 107 Å². The lowest BCUT2D eigenvalue weighted by Gasteiger charge is -1.99. The number of aryl methyl sites for hydroxylation is 3. The normalized spacial score (nSPS) is 11.0. The molecule has 0 spiro atoms. The second kappa shape index (κ2) is 7.14. The Morgan fingerprint density at radius 2 is 2.17 bits per heavy atom. The molecule has 3 heterocycles. The van der Waals surface area contributed by atoms with Crippen LogP contribution < -0.4 is 5.32 Å². The molecule has 126 valence electrons. The fourth-order valence-electron chi connectivity index (χ4n) is 1.95. The Balaban J connectivity index is 1.50. The first-order valence-electron chi connectivity index (χ1n) is 7.15. The van der Waals surface area contributed by atoms with Crippen LogP contribution in [-0.2, 0) is 4.79 Å². The van der Waals surface area contributed by atoms with Crippen molar-refractivity contribution in [3.05, 3.63) is 22.5 Å². The molecule has 3 aromatic heterocycles. The second-order valence-electron chi connectivity index (χ2n) is 4.99. The van der Waals surface area contributed by atoms with Crippen molar-refractivity contribution in [1.82, 2.24) is 20.3 Å². The fraction of sp³-hybridized carbons (Fsp3) is 0.357. The first-order valence-corrected chi connectivity index (χ1v) is 8.95. The second-order valence-corrected chi connectivity index (χ2v) is 7.24. The van der Waals surface area contributed by atoms with Gasteiger partial charge in [-0.3, -0.25) is 4.79 Å². The number of hydrogen-bond donors (Lipinski definition) is 1. The van der Waals surface area contributed by atoms with Crippen molar-refractivity contribution in [3.63, 3.8) is 0 Å². The average Bonchev–Trinajstić information content (AvgIpc) is 3.20. The summed E-state index contributed by atoms with van der Waals surface area (Å²) in [6, 6.07) is 1.66. The van der Waals surface area contributed by atoms with Gasteiger partial charge in [-0.05, 0) is 20.8 Å². The first kappa shape index (κ1) is 16.7. The number of thioether (sulfide) groups is 1. The van der Waals surface area contributed by atoms with E-state index in [1.807, 2.05) is 13.8 Å². The molecule has 0 aromatic carbocycles. The molecule has 8 nitrogen and oxygen atoms in total. The summed E-state index contributed by atoms with van der Waals surface area (Å²) < 4.78 is 10.5. The van der Waals surface area contributed by atoms with Crippen LogP contribution in [0.4, 0.5) is 5.82 Å². The molecule has 0 saturated carbocycles. The maximum absolute atomic E-state index is 11.8. The van der Waals surface area contributed by atoms with Crippen molar-refractivity contribution in [2.24, 2.45) is 0 Å². The molecule has 1 N–H and O–H groups in total. The van der Waals surface area contributed by atoms with Crippen LogP contribution in [0.5, 0.6) is 0 Å². The van der Waals surface area contributed by atoms with Crippen LogP contribution in [0.2, 0.25) is 0 Å². The number of carbonyl (C=O) groups is 1. The molecule has 0 saturated heterocycles. The van der Waals surface area contributed by atoms with E-state index in [1.54, 1.807) is 13.0 Å². The summed E-state index contributed by atoms with van der Waals surface area (Å²) in [5, 5.41) is 15.8. The summed E-state index contributed by atoms with van der Waals surface area (Å²) in [5.74, 6) is 1.89. The Hall–Kier alpha value is -2.20. The van der Waals surface area contributed by atoms with Crippen LogP contribution in [0.15, 0.2) is 20.2 Å². The van der Waals surface area contributed by atoms with Crippen molar-refractivity contribution >= 4 is 34.8 Å². The van der Waals surface area contributed by atoms with Crippen LogP contribution in [-0.4, -0.2) is 32.0 Å². The molecule has 0 atom stereocenters. The Morgan fingerprint density at radius 1 is 1.33 bits per heavy atom. The highest BCUT2D eigenvalue weighted by Gasteiger charge is 2.15. The lowest BCUT2D eigenvalue weighted by atomic mass is 10.4. The van der Waals surface area contributed by atoms with E-state index in [4.69, 9.17) is 8.94 Å². The Labute approximate surface area is 146 Å². The van der Waals surface area contributed by atoms with Gasteiger partial charge in [-0.25, -0.2) is 4.98 Å². The minimum absolute atomic E-state index is 0.149. The third kappa shape index (κ3) is 4.01.